The molecule has 1 heterocycles. The summed E-state index contributed by atoms with van der Waals surface area (Å²) >= 11 is 0. The third-order valence-corrected chi connectivity index (χ3v) is 7.23. The van der Waals surface area contributed by atoms with Gasteiger partial charge >= 0.3 is 5.97 Å². The number of carbonyl (C=O) groups is 1. The molecule has 0 radical (unpaired) electrons. The molecule has 13 nitrogen and oxygen atoms in total. The average molecular weight is 467 g/mol. The Morgan fingerprint density at radius 3 is 2.35 bits per heavy atom. The van der Waals surface area contributed by atoms with E-state index in [1.165, 1.54) is 24.3 Å². The lowest BCUT2D eigenvalue weighted by Gasteiger charge is -2.17. The Kier molecular flexibility index (Phi) is 5.77. The lowest BCUT2D eigenvalue weighted by atomic mass is 9.95. The molecule has 0 fully saturated rings. The van der Waals surface area contributed by atoms with E-state index < -0.39 is 41.4 Å². The van der Waals surface area contributed by atoms with Gasteiger partial charge in [-0.2, -0.15) is 5.21 Å². The van der Waals surface area contributed by atoms with E-state index in [4.69, 9.17) is 16.6 Å². The molecule has 3 rings (SSSR count). The molecule has 0 atom stereocenters. The SMILES string of the molecule is NCCS(=O)(=O)c1ccc(-c2cccc(C(=O)O)c2N)c(-c2nn[nH]n2)c1S(N)(=O)=O. The van der Waals surface area contributed by atoms with Gasteiger partial charge in [-0.15, -0.1) is 10.2 Å². The van der Waals surface area contributed by atoms with Gasteiger partial charge in [-0.1, -0.05) is 18.2 Å². The molecule has 0 amide bonds. The highest BCUT2D eigenvalue weighted by molar-refractivity contribution is 7.93. The molecule has 0 aliphatic heterocycles. The number of nitrogens with zero attached hydrogens (tertiary/aromatic N) is 3. The van der Waals surface area contributed by atoms with Crippen LogP contribution in [0.25, 0.3) is 22.5 Å². The molecular formula is C16H17N7O6S2. The van der Waals surface area contributed by atoms with Crippen LogP contribution in [0, 0.1) is 0 Å². The summed E-state index contributed by atoms with van der Waals surface area (Å²) in [5, 5.41) is 27.8. The lowest BCUT2D eigenvalue weighted by Crippen LogP contribution is -2.22. The van der Waals surface area contributed by atoms with E-state index >= 15 is 0 Å². The Morgan fingerprint density at radius 1 is 1.10 bits per heavy atom. The minimum absolute atomic E-state index is 0.0396. The Labute approximate surface area is 176 Å². The molecule has 15 heteroatoms. The molecule has 31 heavy (non-hydrogen) atoms. The summed E-state index contributed by atoms with van der Waals surface area (Å²) in [5.41, 5.74) is 10.8. The number of carboxylic acids is 1. The van der Waals surface area contributed by atoms with Crippen LogP contribution in [0.3, 0.4) is 0 Å². The zero-order chi connectivity index (χ0) is 23.0. The number of H-pyrrole nitrogens is 1. The smallest absolute Gasteiger partial charge is 0.337 e. The quantitative estimate of drug-likeness (QED) is 0.269. The number of anilines is 1. The number of tetrazole rings is 1. The van der Waals surface area contributed by atoms with Crippen molar-refractivity contribution in [1.29, 1.82) is 0 Å². The molecular weight excluding hydrogens is 450 g/mol. The first kappa shape index (κ1) is 22.3. The number of carboxylic acid groups (broad SMARTS) is 1. The van der Waals surface area contributed by atoms with Gasteiger partial charge in [0.05, 0.1) is 27.5 Å². The number of hydrogen-bond acceptors (Lipinski definition) is 10. The van der Waals surface area contributed by atoms with E-state index in [-0.39, 0.29) is 40.3 Å². The highest BCUT2D eigenvalue weighted by Gasteiger charge is 2.32. The Hall–Kier alpha value is -3.40. The van der Waals surface area contributed by atoms with Crippen LogP contribution in [-0.2, 0) is 19.9 Å². The van der Waals surface area contributed by atoms with Crippen LogP contribution in [-0.4, -0.2) is 60.8 Å². The van der Waals surface area contributed by atoms with E-state index in [2.05, 4.69) is 20.6 Å². The van der Waals surface area contributed by atoms with Gasteiger partial charge in [-0.05, 0) is 22.9 Å². The molecule has 0 aliphatic carbocycles. The van der Waals surface area contributed by atoms with E-state index in [1.54, 1.807) is 0 Å². The number of nitrogens with one attached hydrogen (secondary N) is 1. The fourth-order valence-corrected chi connectivity index (χ4v) is 5.81. The molecule has 8 N–H and O–H groups in total. The normalized spacial score (nSPS) is 12.1. The summed E-state index contributed by atoms with van der Waals surface area (Å²) in [6.07, 6.45) is 0. The van der Waals surface area contributed by atoms with Crippen molar-refractivity contribution in [2.24, 2.45) is 10.9 Å². The Bertz CT molecular complexity index is 1370. The minimum Gasteiger partial charge on any atom is -0.478 e. The summed E-state index contributed by atoms with van der Waals surface area (Å²) in [4.78, 5) is 10.1. The van der Waals surface area contributed by atoms with Crippen molar-refractivity contribution >= 4 is 31.5 Å². The number of aromatic amines is 1. The van der Waals surface area contributed by atoms with E-state index in [0.29, 0.717) is 0 Å². The number of nitrogens with two attached hydrogens (primary N) is 3. The number of primary sulfonamides is 1. The van der Waals surface area contributed by atoms with Gasteiger partial charge in [0.2, 0.25) is 15.8 Å². The standard InChI is InChI=1S/C16H17N7O6S2/c17-6-7-30(26,27)11-5-4-8(9-2-1-3-10(13(9)18)16(24)25)12(14(11)31(19,28)29)15-20-22-23-21-15/h1-5H,6-7,17-18H2,(H,24,25)(H2,19,28,29)(H,20,21,22,23). The Balaban J connectivity index is 2.52. The molecule has 0 unspecified atom stereocenters. The molecule has 0 bridgehead atoms. The number of para-hydroxylation sites is 1. The summed E-state index contributed by atoms with van der Waals surface area (Å²) in [6.45, 7) is -0.265. The monoisotopic (exact) mass is 467 g/mol. The second kappa shape index (κ2) is 8.03. The second-order valence-corrected chi connectivity index (χ2v) is 9.85. The number of nitrogen functional groups attached to an aromatic ring is 1. The predicted octanol–water partition coefficient (Wildman–Crippen LogP) is -0.806. The highest BCUT2D eigenvalue weighted by Crippen LogP contribution is 2.41. The summed E-state index contributed by atoms with van der Waals surface area (Å²) in [5.74, 6) is -2.14. The number of aromatic nitrogens is 4. The summed E-state index contributed by atoms with van der Waals surface area (Å²) < 4.78 is 50.5. The average Bonchev–Trinajstić information content (AvgIpc) is 3.20. The first-order valence-electron chi connectivity index (χ1n) is 8.47. The second-order valence-electron chi connectivity index (χ2n) is 6.28. The van der Waals surface area contributed by atoms with Crippen molar-refractivity contribution < 1.29 is 26.7 Å². The largest absolute Gasteiger partial charge is 0.478 e. The molecule has 0 saturated carbocycles. The summed E-state index contributed by atoms with van der Waals surface area (Å²) in [7, 11) is -8.82. The van der Waals surface area contributed by atoms with Gasteiger partial charge in [0.25, 0.3) is 0 Å². The van der Waals surface area contributed by atoms with Crippen molar-refractivity contribution in [2.75, 3.05) is 18.0 Å². The van der Waals surface area contributed by atoms with Crippen LogP contribution in [0.1, 0.15) is 10.4 Å². The molecule has 164 valence electrons. The number of sulfone groups is 1. The number of benzene rings is 2. The third kappa shape index (κ3) is 4.11. The van der Waals surface area contributed by atoms with Gasteiger partial charge in [-0.25, -0.2) is 26.8 Å². The van der Waals surface area contributed by atoms with E-state index in [0.717, 1.165) is 6.07 Å². The van der Waals surface area contributed by atoms with Crippen molar-refractivity contribution in [2.45, 2.75) is 9.79 Å². The van der Waals surface area contributed by atoms with Gasteiger partial charge in [0.15, 0.2) is 9.84 Å². The van der Waals surface area contributed by atoms with E-state index in [9.17, 15) is 26.7 Å². The Morgan fingerprint density at radius 2 is 1.81 bits per heavy atom. The molecule has 1 aromatic heterocycles. The van der Waals surface area contributed by atoms with E-state index in [1.807, 2.05) is 0 Å². The molecule has 3 aromatic rings. The maximum Gasteiger partial charge on any atom is 0.337 e. The first-order valence-corrected chi connectivity index (χ1v) is 11.7. The first-order chi connectivity index (χ1) is 14.5. The van der Waals surface area contributed by atoms with Crippen LogP contribution in [0.2, 0.25) is 0 Å². The topological polar surface area (TPSA) is 238 Å². The molecule has 0 spiro atoms. The maximum absolute atomic E-state index is 12.7. The zero-order valence-electron chi connectivity index (χ0n) is 15.7. The fourth-order valence-electron chi connectivity index (χ4n) is 3.06. The van der Waals surface area contributed by atoms with Crippen LogP contribution < -0.4 is 16.6 Å². The third-order valence-electron chi connectivity index (χ3n) is 4.32. The molecule has 0 saturated heterocycles. The number of sulfonamides is 1. The van der Waals surface area contributed by atoms with Crippen molar-refractivity contribution in [3.8, 4) is 22.5 Å². The highest BCUT2D eigenvalue weighted by atomic mass is 32.2. The number of aromatic carboxylic acids is 1. The zero-order valence-corrected chi connectivity index (χ0v) is 17.3. The molecule has 2 aromatic carbocycles. The molecule has 0 aliphatic rings. The van der Waals surface area contributed by atoms with Crippen LogP contribution in [0.5, 0.6) is 0 Å². The van der Waals surface area contributed by atoms with Crippen molar-refractivity contribution in [3.05, 3.63) is 35.9 Å². The summed E-state index contributed by atoms with van der Waals surface area (Å²) in [6, 6.07) is 6.39. The van der Waals surface area contributed by atoms with Crippen molar-refractivity contribution in [3.63, 3.8) is 0 Å². The van der Waals surface area contributed by atoms with Gasteiger partial charge < -0.3 is 16.6 Å². The van der Waals surface area contributed by atoms with Gasteiger partial charge in [0.1, 0.15) is 4.90 Å². The minimum atomic E-state index is -4.66. The van der Waals surface area contributed by atoms with Crippen molar-refractivity contribution in [1.82, 2.24) is 20.6 Å². The number of hydrogen-bond donors (Lipinski definition) is 5. The van der Waals surface area contributed by atoms with Crippen LogP contribution in [0.15, 0.2) is 40.1 Å². The van der Waals surface area contributed by atoms with Crippen LogP contribution >= 0.6 is 0 Å². The van der Waals surface area contributed by atoms with Gasteiger partial charge in [0, 0.05) is 12.1 Å². The predicted molar refractivity (Wildman–Crippen MR) is 109 cm³/mol. The van der Waals surface area contributed by atoms with Gasteiger partial charge in [-0.3, -0.25) is 0 Å². The fraction of sp³-hybridized carbons (Fsp3) is 0.125. The number of rotatable bonds is 7. The lowest BCUT2D eigenvalue weighted by molar-refractivity contribution is 0.0698. The van der Waals surface area contributed by atoms with Crippen LogP contribution in [0.4, 0.5) is 5.69 Å². The maximum atomic E-state index is 12.7.